The van der Waals surface area contributed by atoms with Crippen molar-refractivity contribution in [2.75, 3.05) is 5.32 Å². The molecule has 4 rings (SSSR count). The lowest BCUT2D eigenvalue weighted by molar-refractivity contribution is -0.119. The summed E-state index contributed by atoms with van der Waals surface area (Å²) in [6, 6.07) is 16.9. The number of nitrogens with one attached hydrogen (secondary N) is 2. The molecule has 1 aliphatic rings. The lowest BCUT2D eigenvalue weighted by atomic mass is 10.0. The first-order chi connectivity index (χ1) is 13.1. The normalized spacial score (nSPS) is 16.2. The maximum atomic E-state index is 12.6. The van der Waals surface area contributed by atoms with Gasteiger partial charge < -0.3 is 10.6 Å². The highest BCUT2D eigenvalue weighted by Gasteiger charge is 2.22. The maximum Gasteiger partial charge on any atom is 0.255 e. The van der Waals surface area contributed by atoms with Crippen LogP contribution < -0.4 is 10.6 Å². The first kappa shape index (κ1) is 17.0. The number of hydrogen-bond acceptors (Lipinski definition) is 3. The Morgan fingerprint density at radius 1 is 1.19 bits per heavy atom. The number of carbonyl (C=O) groups is 2. The first-order valence-electron chi connectivity index (χ1n) is 8.92. The molecule has 2 heterocycles. The quantitative estimate of drug-likeness (QED) is 0.749. The van der Waals surface area contributed by atoms with Gasteiger partial charge in [0.15, 0.2) is 0 Å². The molecule has 136 valence electrons. The molecular formula is C21H20N4O2. The second-order valence-electron chi connectivity index (χ2n) is 6.67. The molecule has 27 heavy (non-hydrogen) atoms. The van der Waals surface area contributed by atoms with Gasteiger partial charge in [0.05, 0.1) is 11.7 Å². The Morgan fingerprint density at radius 2 is 2.00 bits per heavy atom. The van der Waals surface area contributed by atoms with E-state index in [1.54, 1.807) is 18.3 Å². The largest absolute Gasteiger partial charge is 0.349 e. The van der Waals surface area contributed by atoms with Crippen LogP contribution in [0.15, 0.2) is 60.8 Å². The van der Waals surface area contributed by atoms with E-state index in [-0.39, 0.29) is 17.9 Å². The second kappa shape index (κ2) is 7.07. The topological polar surface area (TPSA) is 76.0 Å². The van der Waals surface area contributed by atoms with Gasteiger partial charge in [-0.3, -0.25) is 9.59 Å². The molecule has 0 saturated carbocycles. The van der Waals surface area contributed by atoms with Crippen molar-refractivity contribution in [3.05, 3.63) is 77.6 Å². The molecule has 1 aliphatic heterocycles. The molecule has 1 unspecified atom stereocenters. The molecule has 1 saturated heterocycles. The molecule has 6 heteroatoms. The molecule has 3 aromatic rings. The Hall–Kier alpha value is -3.41. The summed E-state index contributed by atoms with van der Waals surface area (Å²) in [5.41, 5.74) is 4.23. The zero-order valence-electron chi connectivity index (χ0n) is 15.0. The van der Waals surface area contributed by atoms with Crippen LogP contribution in [0.25, 0.3) is 5.69 Å². The van der Waals surface area contributed by atoms with Gasteiger partial charge in [0.1, 0.15) is 0 Å². The summed E-state index contributed by atoms with van der Waals surface area (Å²) in [5, 5.41) is 10.1. The molecule has 0 spiro atoms. The van der Waals surface area contributed by atoms with Crippen molar-refractivity contribution < 1.29 is 9.59 Å². The number of hydrogen-bond donors (Lipinski definition) is 2. The van der Waals surface area contributed by atoms with Crippen molar-refractivity contribution in [3.63, 3.8) is 0 Å². The van der Waals surface area contributed by atoms with Crippen LogP contribution in [-0.4, -0.2) is 21.6 Å². The predicted molar refractivity (Wildman–Crippen MR) is 103 cm³/mol. The Kier molecular flexibility index (Phi) is 4.46. The molecule has 2 N–H and O–H groups in total. The number of anilines is 1. The van der Waals surface area contributed by atoms with Gasteiger partial charge >= 0.3 is 0 Å². The third-order valence-corrected chi connectivity index (χ3v) is 4.75. The van der Waals surface area contributed by atoms with E-state index in [9.17, 15) is 9.59 Å². The zero-order chi connectivity index (χ0) is 18.8. The average molecular weight is 360 g/mol. The van der Waals surface area contributed by atoms with Crippen LogP contribution in [-0.2, 0) is 4.79 Å². The van der Waals surface area contributed by atoms with Gasteiger partial charge in [0.25, 0.3) is 5.91 Å². The van der Waals surface area contributed by atoms with Crippen LogP contribution in [0, 0.1) is 6.92 Å². The van der Waals surface area contributed by atoms with Crippen LogP contribution in [0.2, 0.25) is 0 Å². The molecule has 0 aliphatic carbocycles. The Morgan fingerprint density at radius 3 is 2.67 bits per heavy atom. The van der Waals surface area contributed by atoms with E-state index in [4.69, 9.17) is 0 Å². The number of carbonyl (C=O) groups excluding carboxylic acids is 2. The number of aryl methyl sites for hydroxylation is 1. The van der Waals surface area contributed by atoms with E-state index >= 15 is 0 Å². The number of nitrogens with zero attached hydrogens (tertiary/aromatic N) is 2. The fourth-order valence-electron chi connectivity index (χ4n) is 3.29. The molecule has 2 amide bonds. The van der Waals surface area contributed by atoms with Crippen molar-refractivity contribution in [2.45, 2.75) is 25.8 Å². The molecule has 1 aromatic heterocycles. The van der Waals surface area contributed by atoms with Gasteiger partial charge in [-0.15, -0.1) is 0 Å². The standard InChI is InChI=1S/C21H20N4O2/c1-14-11-12-22-25(14)18-7-5-15(6-8-18)21(27)23-17-4-2-3-16(13-17)19-9-10-20(26)24-19/h2-8,11-13,19H,9-10H2,1H3,(H,23,27)(H,24,26). The third kappa shape index (κ3) is 3.60. The predicted octanol–water partition coefficient (Wildman–Crippen LogP) is 3.38. The van der Waals surface area contributed by atoms with Crippen LogP contribution in [0.5, 0.6) is 0 Å². The van der Waals surface area contributed by atoms with E-state index < -0.39 is 0 Å². The summed E-state index contributed by atoms with van der Waals surface area (Å²) >= 11 is 0. The van der Waals surface area contributed by atoms with Gasteiger partial charge in [-0.2, -0.15) is 5.10 Å². The molecule has 1 fully saturated rings. The summed E-state index contributed by atoms with van der Waals surface area (Å²) in [6.07, 6.45) is 3.07. The number of amides is 2. The van der Waals surface area contributed by atoms with E-state index in [2.05, 4.69) is 15.7 Å². The van der Waals surface area contributed by atoms with E-state index in [1.807, 2.05) is 54.1 Å². The minimum absolute atomic E-state index is 0.0194. The van der Waals surface area contributed by atoms with Crippen molar-refractivity contribution in [1.82, 2.24) is 15.1 Å². The highest BCUT2D eigenvalue weighted by atomic mass is 16.2. The molecule has 0 radical (unpaired) electrons. The van der Waals surface area contributed by atoms with E-state index in [0.717, 1.165) is 23.4 Å². The fourth-order valence-corrected chi connectivity index (χ4v) is 3.29. The lowest BCUT2D eigenvalue weighted by Gasteiger charge is -2.13. The molecule has 0 bridgehead atoms. The average Bonchev–Trinajstić information content (AvgIpc) is 3.30. The minimum Gasteiger partial charge on any atom is -0.349 e. The summed E-state index contributed by atoms with van der Waals surface area (Å²) in [6.45, 7) is 1.98. The van der Waals surface area contributed by atoms with Crippen LogP contribution >= 0.6 is 0 Å². The van der Waals surface area contributed by atoms with Crippen molar-refractivity contribution in [2.24, 2.45) is 0 Å². The van der Waals surface area contributed by atoms with Gasteiger partial charge in [0.2, 0.25) is 5.91 Å². The maximum absolute atomic E-state index is 12.6. The first-order valence-corrected chi connectivity index (χ1v) is 8.92. The highest BCUT2D eigenvalue weighted by Crippen LogP contribution is 2.26. The van der Waals surface area contributed by atoms with E-state index in [0.29, 0.717) is 17.7 Å². The number of benzene rings is 2. The monoisotopic (exact) mass is 360 g/mol. The molecule has 6 nitrogen and oxygen atoms in total. The number of rotatable bonds is 4. The van der Waals surface area contributed by atoms with E-state index in [1.165, 1.54) is 0 Å². The van der Waals surface area contributed by atoms with Gasteiger partial charge in [-0.1, -0.05) is 12.1 Å². The summed E-state index contributed by atoms with van der Waals surface area (Å²) in [7, 11) is 0. The Bertz CT molecular complexity index is 991. The number of aromatic nitrogens is 2. The SMILES string of the molecule is Cc1ccnn1-c1ccc(C(=O)Nc2cccc(C3CCC(=O)N3)c2)cc1. The fraction of sp³-hybridized carbons (Fsp3) is 0.190. The minimum atomic E-state index is -0.175. The summed E-state index contributed by atoms with van der Waals surface area (Å²) in [5.74, 6) is -0.103. The second-order valence-corrected chi connectivity index (χ2v) is 6.67. The van der Waals surface area contributed by atoms with Crippen LogP contribution in [0.1, 0.15) is 40.5 Å². The highest BCUT2D eigenvalue weighted by molar-refractivity contribution is 6.04. The van der Waals surface area contributed by atoms with Gasteiger partial charge in [0, 0.05) is 29.6 Å². The summed E-state index contributed by atoms with van der Waals surface area (Å²) < 4.78 is 1.82. The van der Waals surface area contributed by atoms with Gasteiger partial charge in [-0.05, 0) is 61.4 Å². The third-order valence-electron chi connectivity index (χ3n) is 4.75. The zero-order valence-corrected chi connectivity index (χ0v) is 15.0. The van der Waals surface area contributed by atoms with Gasteiger partial charge in [-0.25, -0.2) is 4.68 Å². The Balaban J connectivity index is 1.48. The molecular weight excluding hydrogens is 340 g/mol. The van der Waals surface area contributed by atoms with Crippen LogP contribution in [0.4, 0.5) is 5.69 Å². The van der Waals surface area contributed by atoms with Crippen molar-refractivity contribution >= 4 is 17.5 Å². The van der Waals surface area contributed by atoms with Crippen molar-refractivity contribution in [3.8, 4) is 5.69 Å². The lowest BCUT2D eigenvalue weighted by Crippen LogP contribution is -2.18. The smallest absolute Gasteiger partial charge is 0.255 e. The van der Waals surface area contributed by atoms with Crippen molar-refractivity contribution in [1.29, 1.82) is 0 Å². The molecule has 1 atom stereocenters. The van der Waals surface area contributed by atoms with Crippen LogP contribution in [0.3, 0.4) is 0 Å². The Labute approximate surface area is 157 Å². The summed E-state index contributed by atoms with van der Waals surface area (Å²) in [4.78, 5) is 24.0. The molecule has 2 aromatic carbocycles.